The molecule has 0 saturated carbocycles. The number of carbonyl (C=O) groups excluding carboxylic acids is 1. The highest BCUT2D eigenvalue weighted by atomic mass is 32.1. The number of carbonyl (C=O) groups is 1. The molecule has 1 aromatic rings. The Kier molecular flexibility index (Phi) is 5.00. The zero-order valence-corrected chi connectivity index (χ0v) is 11.5. The summed E-state index contributed by atoms with van der Waals surface area (Å²) in [6.45, 7) is 6.20. The first-order chi connectivity index (χ1) is 8.40. The third-order valence-electron chi connectivity index (χ3n) is 1.81. The molecule has 18 heavy (non-hydrogen) atoms. The minimum atomic E-state index is -0.494. The van der Waals surface area contributed by atoms with E-state index in [2.05, 4.69) is 15.3 Å². The molecule has 1 N–H and O–H groups in total. The average molecular weight is 268 g/mol. The Morgan fingerprint density at radius 1 is 1.50 bits per heavy atom. The molecule has 6 nitrogen and oxygen atoms in total. The van der Waals surface area contributed by atoms with Gasteiger partial charge in [-0.15, -0.1) is 11.3 Å². The Morgan fingerprint density at radius 3 is 2.78 bits per heavy atom. The first-order valence-electron chi connectivity index (χ1n) is 5.46. The molecule has 0 fully saturated rings. The van der Waals surface area contributed by atoms with Crippen LogP contribution in [0.25, 0.3) is 10.4 Å². The predicted molar refractivity (Wildman–Crippen MR) is 70.2 cm³/mol. The van der Waals surface area contributed by atoms with Crippen LogP contribution in [-0.2, 0) is 17.8 Å². The fourth-order valence-corrected chi connectivity index (χ4v) is 2.05. The molecule has 1 rings (SSSR count). The summed E-state index contributed by atoms with van der Waals surface area (Å²) in [6.07, 6.45) is -0.438. The van der Waals surface area contributed by atoms with E-state index < -0.39 is 11.7 Å². The van der Waals surface area contributed by atoms with Crippen LogP contribution in [-0.4, -0.2) is 11.7 Å². The van der Waals surface area contributed by atoms with Crippen molar-refractivity contribution in [3.8, 4) is 0 Å². The van der Waals surface area contributed by atoms with E-state index in [9.17, 15) is 4.79 Å². The Hall–Kier alpha value is -1.72. The lowest BCUT2D eigenvalue weighted by Crippen LogP contribution is -2.31. The van der Waals surface area contributed by atoms with Crippen molar-refractivity contribution >= 4 is 17.4 Å². The molecule has 1 heterocycles. The second-order valence-corrected chi connectivity index (χ2v) is 5.87. The van der Waals surface area contributed by atoms with Crippen LogP contribution in [0.1, 0.15) is 30.5 Å². The smallest absolute Gasteiger partial charge is 0.407 e. The molecule has 98 valence electrons. The van der Waals surface area contributed by atoms with E-state index in [1.807, 2.05) is 32.9 Å². The van der Waals surface area contributed by atoms with Crippen molar-refractivity contribution in [1.29, 1.82) is 0 Å². The highest BCUT2D eigenvalue weighted by molar-refractivity contribution is 7.11. The van der Waals surface area contributed by atoms with Gasteiger partial charge in [0.1, 0.15) is 5.60 Å². The van der Waals surface area contributed by atoms with Crippen LogP contribution < -0.4 is 5.32 Å². The van der Waals surface area contributed by atoms with Gasteiger partial charge in [0.2, 0.25) is 0 Å². The van der Waals surface area contributed by atoms with Gasteiger partial charge >= 0.3 is 6.09 Å². The van der Waals surface area contributed by atoms with Gasteiger partial charge < -0.3 is 10.1 Å². The fraction of sp³-hybridized carbons (Fsp3) is 0.545. The van der Waals surface area contributed by atoms with Crippen molar-refractivity contribution in [2.45, 2.75) is 39.5 Å². The van der Waals surface area contributed by atoms with Crippen molar-refractivity contribution in [1.82, 2.24) is 5.32 Å². The van der Waals surface area contributed by atoms with E-state index in [-0.39, 0.29) is 0 Å². The zero-order chi connectivity index (χ0) is 13.6. The molecule has 0 aliphatic rings. The molecule has 1 aromatic heterocycles. The third kappa shape index (κ3) is 5.56. The van der Waals surface area contributed by atoms with Gasteiger partial charge in [0, 0.05) is 14.7 Å². The molecule has 0 radical (unpaired) electrons. The molecule has 0 unspecified atom stereocenters. The largest absolute Gasteiger partial charge is 0.444 e. The van der Waals surface area contributed by atoms with Crippen molar-refractivity contribution in [2.24, 2.45) is 5.11 Å². The lowest BCUT2D eigenvalue weighted by molar-refractivity contribution is 0.0524. The Morgan fingerprint density at radius 2 is 2.17 bits per heavy atom. The zero-order valence-electron chi connectivity index (χ0n) is 10.6. The summed E-state index contributed by atoms with van der Waals surface area (Å²) in [5, 5.41) is 6.15. The maximum atomic E-state index is 11.4. The van der Waals surface area contributed by atoms with E-state index in [0.29, 0.717) is 13.1 Å². The van der Waals surface area contributed by atoms with Crippen LogP contribution >= 0.6 is 11.3 Å². The Balaban J connectivity index is 2.41. The quantitative estimate of drug-likeness (QED) is 0.514. The molecule has 0 spiro atoms. The van der Waals surface area contributed by atoms with E-state index in [0.717, 1.165) is 9.75 Å². The normalized spacial score (nSPS) is 10.6. The van der Waals surface area contributed by atoms with Gasteiger partial charge in [0.15, 0.2) is 0 Å². The van der Waals surface area contributed by atoms with Gasteiger partial charge in [-0.25, -0.2) is 4.79 Å². The molecule has 0 bridgehead atoms. The number of rotatable bonds is 4. The predicted octanol–water partition coefficient (Wildman–Crippen LogP) is 3.58. The van der Waals surface area contributed by atoms with Crippen LogP contribution in [0.4, 0.5) is 4.79 Å². The van der Waals surface area contributed by atoms with Crippen LogP contribution in [0.3, 0.4) is 0 Å². The van der Waals surface area contributed by atoms with Crippen LogP contribution in [0.2, 0.25) is 0 Å². The van der Waals surface area contributed by atoms with Crippen molar-refractivity contribution in [2.75, 3.05) is 0 Å². The number of hydrogen-bond donors (Lipinski definition) is 1. The van der Waals surface area contributed by atoms with Crippen molar-refractivity contribution < 1.29 is 9.53 Å². The molecule has 0 aliphatic heterocycles. The number of nitrogens with zero attached hydrogens (tertiary/aromatic N) is 3. The first kappa shape index (κ1) is 14.3. The van der Waals surface area contributed by atoms with Crippen LogP contribution in [0.5, 0.6) is 0 Å². The summed E-state index contributed by atoms with van der Waals surface area (Å²) in [6, 6.07) is 3.77. The minimum Gasteiger partial charge on any atom is -0.444 e. The second kappa shape index (κ2) is 6.28. The summed E-state index contributed by atoms with van der Waals surface area (Å²) in [5.74, 6) is 0. The third-order valence-corrected chi connectivity index (χ3v) is 2.88. The highest BCUT2D eigenvalue weighted by Gasteiger charge is 2.15. The summed E-state index contributed by atoms with van der Waals surface area (Å²) >= 11 is 1.50. The van der Waals surface area contributed by atoms with Gasteiger partial charge in [-0.3, -0.25) is 0 Å². The van der Waals surface area contributed by atoms with Gasteiger partial charge in [-0.05, 0) is 38.4 Å². The summed E-state index contributed by atoms with van der Waals surface area (Å²) in [5.41, 5.74) is 7.71. The molecule has 0 aromatic carbocycles. The first-order valence-corrected chi connectivity index (χ1v) is 6.27. The molecule has 0 atom stereocenters. The minimum absolute atomic E-state index is 0.341. The van der Waals surface area contributed by atoms with Crippen molar-refractivity contribution in [3.05, 3.63) is 32.3 Å². The average Bonchev–Trinajstić information content (AvgIpc) is 2.69. The molecule has 1 amide bonds. The molecule has 7 heteroatoms. The lowest BCUT2D eigenvalue weighted by Gasteiger charge is -2.19. The number of nitrogens with one attached hydrogen (secondary N) is 1. The maximum absolute atomic E-state index is 11.4. The van der Waals surface area contributed by atoms with Gasteiger partial charge in [0.25, 0.3) is 0 Å². The number of ether oxygens (including phenoxy) is 1. The standard InChI is InChI=1S/C11H16N4O2S/c1-11(2,3)17-10(16)13-6-8-4-5-9(18-8)7-14-15-12/h4-5H,6-7H2,1-3H3,(H,13,16). The van der Waals surface area contributed by atoms with Gasteiger partial charge in [-0.2, -0.15) is 0 Å². The van der Waals surface area contributed by atoms with E-state index in [4.69, 9.17) is 10.3 Å². The number of azide groups is 1. The highest BCUT2D eigenvalue weighted by Crippen LogP contribution is 2.17. The van der Waals surface area contributed by atoms with Crippen LogP contribution in [0, 0.1) is 0 Å². The SMILES string of the molecule is CC(C)(C)OC(=O)NCc1ccc(CN=[N+]=[N-])s1. The van der Waals surface area contributed by atoms with Gasteiger partial charge in [0.05, 0.1) is 13.1 Å². The van der Waals surface area contributed by atoms with Gasteiger partial charge in [-0.1, -0.05) is 5.11 Å². The number of thiophene rings is 1. The topological polar surface area (TPSA) is 87.1 Å². The maximum Gasteiger partial charge on any atom is 0.407 e. The monoisotopic (exact) mass is 268 g/mol. The van der Waals surface area contributed by atoms with Crippen LogP contribution in [0.15, 0.2) is 17.2 Å². The number of amides is 1. The van der Waals surface area contributed by atoms with Crippen molar-refractivity contribution in [3.63, 3.8) is 0 Å². The Bertz CT molecular complexity index is 458. The second-order valence-electron chi connectivity index (χ2n) is 4.61. The molecule has 0 saturated heterocycles. The van der Waals surface area contributed by atoms with E-state index >= 15 is 0 Å². The summed E-state index contributed by atoms with van der Waals surface area (Å²) < 4.78 is 5.12. The molecular weight excluding hydrogens is 252 g/mol. The summed E-state index contributed by atoms with van der Waals surface area (Å²) in [7, 11) is 0. The van der Waals surface area contributed by atoms with E-state index in [1.165, 1.54) is 11.3 Å². The lowest BCUT2D eigenvalue weighted by atomic mass is 10.2. The Labute approximate surface area is 110 Å². The number of hydrogen-bond acceptors (Lipinski definition) is 4. The fourth-order valence-electron chi connectivity index (χ4n) is 1.18. The molecule has 0 aliphatic carbocycles. The number of alkyl carbamates (subject to hydrolysis) is 1. The van der Waals surface area contributed by atoms with E-state index in [1.54, 1.807) is 0 Å². The summed E-state index contributed by atoms with van der Waals surface area (Å²) in [4.78, 5) is 16.1. The molecular formula is C11H16N4O2S.